The van der Waals surface area contributed by atoms with Crippen LogP contribution in [0.1, 0.15) is 29.8 Å². The van der Waals surface area contributed by atoms with E-state index in [0.717, 1.165) is 12.1 Å². The summed E-state index contributed by atoms with van der Waals surface area (Å²) in [5.74, 6) is -0.578. The van der Waals surface area contributed by atoms with Gasteiger partial charge in [0.15, 0.2) is 0 Å². The van der Waals surface area contributed by atoms with E-state index in [1.54, 1.807) is 12.1 Å². The van der Waals surface area contributed by atoms with Crippen LogP contribution in [0.2, 0.25) is 0 Å². The lowest BCUT2D eigenvalue weighted by molar-refractivity contribution is -0.186. The average Bonchev–Trinajstić information content (AvgIpc) is 2.85. The van der Waals surface area contributed by atoms with E-state index >= 15 is 0 Å². The minimum absolute atomic E-state index is 0.00239. The molecule has 11 nitrogen and oxygen atoms in total. The first-order valence-electron chi connectivity index (χ1n) is 12.3. The van der Waals surface area contributed by atoms with Gasteiger partial charge in [-0.15, -0.1) is 0 Å². The Kier molecular flexibility index (Phi) is 9.82. The minimum atomic E-state index is -4.57. The van der Waals surface area contributed by atoms with Gasteiger partial charge in [0.2, 0.25) is 18.3 Å². The molecule has 0 saturated heterocycles. The van der Waals surface area contributed by atoms with E-state index in [0.29, 0.717) is 12.2 Å². The highest BCUT2D eigenvalue weighted by atomic mass is 19.4. The first kappa shape index (κ1) is 30.5. The number of guanidine groups is 2. The van der Waals surface area contributed by atoms with Crippen LogP contribution >= 0.6 is 0 Å². The molecular formula is C26H34F3N7O4. The number of hydrogen-bond donors (Lipinski definition) is 6. The highest BCUT2D eigenvalue weighted by Crippen LogP contribution is 2.23. The summed E-state index contributed by atoms with van der Waals surface area (Å²) in [6.45, 7) is 3.78. The number of carbonyl (C=O) groups is 1. The van der Waals surface area contributed by atoms with E-state index in [1.165, 1.54) is 30.3 Å². The second-order valence-corrected chi connectivity index (χ2v) is 10.3. The number of hydrogen-bond acceptors (Lipinski definition) is 8. The topological polar surface area (TPSA) is 143 Å². The molecule has 2 aromatic rings. The average molecular weight is 566 g/mol. The van der Waals surface area contributed by atoms with Crippen molar-refractivity contribution < 1.29 is 32.9 Å². The van der Waals surface area contributed by atoms with E-state index < -0.39 is 25.0 Å². The molecule has 1 unspecified atom stereocenters. The summed E-state index contributed by atoms with van der Waals surface area (Å²) < 4.78 is 43.0. The minimum Gasteiger partial charge on any atom is -0.508 e. The lowest BCUT2D eigenvalue weighted by Crippen LogP contribution is -2.54. The largest absolute Gasteiger partial charge is 0.508 e. The molecule has 0 aliphatic carbocycles. The Labute approximate surface area is 230 Å². The van der Waals surface area contributed by atoms with Crippen LogP contribution in [0.5, 0.6) is 11.5 Å². The summed E-state index contributed by atoms with van der Waals surface area (Å²) in [6, 6.07) is 10.5. The number of nitrogens with zero attached hydrogens (tertiary/aromatic N) is 3. The van der Waals surface area contributed by atoms with Crippen molar-refractivity contribution in [1.82, 2.24) is 20.9 Å². The molecule has 1 aliphatic rings. The van der Waals surface area contributed by atoms with Crippen molar-refractivity contribution in [3.63, 3.8) is 0 Å². The molecule has 0 bridgehead atoms. The number of ether oxygens (including phenoxy) is 1. The van der Waals surface area contributed by atoms with Crippen molar-refractivity contribution in [3.8, 4) is 11.5 Å². The molecule has 2 aromatic carbocycles. The van der Waals surface area contributed by atoms with Gasteiger partial charge in [-0.05, 0) is 49.3 Å². The van der Waals surface area contributed by atoms with Gasteiger partial charge in [0, 0.05) is 24.8 Å². The molecule has 40 heavy (non-hydrogen) atoms. The van der Waals surface area contributed by atoms with Crippen molar-refractivity contribution in [2.24, 2.45) is 15.4 Å². The summed E-state index contributed by atoms with van der Waals surface area (Å²) in [4.78, 5) is 23.0. The highest BCUT2D eigenvalue weighted by molar-refractivity contribution is 6.07. The fraction of sp³-hybridized carbons (Fsp3) is 0.423. The quantitative estimate of drug-likeness (QED) is 0.258. The number of phenolic OH excluding ortho intramolecular Hbond substituents is 2. The summed E-state index contributed by atoms with van der Waals surface area (Å²) in [7, 11) is 3.88. The number of alkyl halides is 3. The molecule has 218 valence electrons. The van der Waals surface area contributed by atoms with E-state index in [-0.39, 0.29) is 40.9 Å². The Balaban J connectivity index is 1.71. The van der Waals surface area contributed by atoms with Crippen LogP contribution < -0.4 is 21.3 Å². The lowest BCUT2D eigenvalue weighted by atomic mass is 9.93. The van der Waals surface area contributed by atoms with Gasteiger partial charge in [-0.3, -0.25) is 10.1 Å². The molecule has 0 spiro atoms. The third kappa shape index (κ3) is 9.93. The van der Waals surface area contributed by atoms with Gasteiger partial charge in [0.1, 0.15) is 18.1 Å². The molecular weight excluding hydrogens is 531 g/mol. The van der Waals surface area contributed by atoms with Gasteiger partial charge in [-0.1, -0.05) is 26.0 Å². The maximum atomic E-state index is 12.7. The van der Waals surface area contributed by atoms with Gasteiger partial charge in [-0.25, -0.2) is 4.99 Å². The maximum Gasteiger partial charge on any atom is 0.411 e. The number of amides is 1. The van der Waals surface area contributed by atoms with E-state index in [9.17, 15) is 28.2 Å². The number of carbonyl (C=O) groups excluding carboxylic acids is 1. The molecule has 6 N–H and O–H groups in total. The van der Waals surface area contributed by atoms with Crippen molar-refractivity contribution in [3.05, 3.63) is 53.6 Å². The van der Waals surface area contributed by atoms with E-state index in [2.05, 4.69) is 31.3 Å². The second kappa shape index (κ2) is 12.9. The molecule has 0 fully saturated rings. The molecule has 1 atom stereocenters. The smallest absolute Gasteiger partial charge is 0.411 e. The van der Waals surface area contributed by atoms with Gasteiger partial charge >= 0.3 is 6.18 Å². The van der Waals surface area contributed by atoms with Crippen LogP contribution in [-0.2, 0) is 11.3 Å². The Hall–Kier alpha value is -4.04. The first-order valence-corrected chi connectivity index (χ1v) is 12.3. The molecule has 0 saturated carbocycles. The SMILES string of the molecule is CN(C)CC(C)(C)CNC(=O)c1ccc(NC2=NC(OCC(F)(F)F)NC(=NCc3ccc(O)cc3)N2)cc1O. The van der Waals surface area contributed by atoms with E-state index in [1.807, 2.05) is 32.8 Å². The second-order valence-electron chi connectivity index (χ2n) is 10.3. The number of phenols is 2. The van der Waals surface area contributed by atoms with Crippen molar-refractivity contribution >= 4 is 23.5 Å². The zero-order valence-corrected chi connectivity index (χ0v) is 22.6. The molecule has 14 heteroatoms. The van der Waals surface area contributed by atoms with Crippen molar-refractivity contribution in [1.29, 1.82) is 0 Å². The number of halogens is 3. The number of aromatic hydroxyl groups is 2. The number of benzene rings is 2. The van der Waals surface area contributed by atoms with Crippen molar-refractivity contribution in [2.75, 3.05) is 39.1 Å². The van der Waals surface area contributed by atoms with Crippen LogP contribution in [0.4, 0.5) is 18.9 Å². The summed E-state index contributed by atoms with van der Waals surface area (Å²) in [5, 5.41) is 31.1. The predicted molar refractivity (Wildman–Crippen MR) is 145 cm³/mol. The number of aliphatic imine (C=N–C) groups is 2. The van der Waals surface area contributed by atoms with Crippen molar-refractivity contribution in [2.45, 2.75) is 32.9 Å². The maximum absolute atomic E-state index is 12.7. The normalized spacial score (nSPS) is 16.8. The molecule has 1 heterocycles. The summed E-state index contributed by atoms with van der Waals surface area (Å²) in [5.41, 5.74) is 0.917. The highest BCUT2D eigenvalue weighted by Gasteiger charge is 2.31. The monoisotopic (exact) mass is 565 g/mol. The summed E-state index contributed by atoms with van der Waals surface area (Å²) >= 11 is 0. The Morgan fingerprint density at radius 2 is 1.85 bits per heavy atom. The van der Waals surface area contributed by atoms with Gasteiger partial charge in [0.25, 0.3) is 5.91 Å². The van der Waals surface area contributed by atoms with E-state index in [4.69, 9.17) is 4.74 Å². The Morgan fingerprint density at radius 3 is 2.48 bits per heavy atom. The van der Waals surface area contributed by atoms with Gasteiger partial charge in [0.05, 0.1) is 12.1 Å². The fourth-order valence-electron chi connectivity index (χ4n) is 3.88. The third-order valence-corrected chi connectivity index (χ3v) is 5.48. The third-order valence-electron chi connectivity index (χ3n) is 5.48. The fourth-order valence-corrected chi connectivity index (χ4v) is 3.88. The van der Waals surface area contributed by atoms with Gasteiger partial charge < -0.3 is 35.8 Å². The molecule has 1 aliphatic heterocycles. The number of rotatable bonds is 10. The molecule has 1 amide bonds. The zero-order valence-electron chi connectivity index (χ0n) is 22.6. The predicted octanol–water partition coefficient (Wildman–Crippen LogP) is 2.79. The van der Waals surface area contributed by atoms with Crippen LogP contribution in [0.15, 0.2) is 52.4 Å². The standard InChI is InChI=1S/C26H34F3N7O4/c1-25(2,14-36(3)4)13-31-21(39)19-10-7-17(11-20(19)38)32-23-33-22(30-12-16-5-8-18(37)9-6-16)34-24(35-23)40-15-26(27,28)29/h5-11,24,37-38H,12-15H2,1-4H3,(H,31,39)(H3,30,32,33,34,35). The zero-order chi connectivity index (χ0) is 29.5. The Morgan fingerprint density at radius 1 is 1.15 bits per heavy atom. The molecule has 0 radical (unpaired) electrons. The van der Waals surface area contributed by atoms with Crippen LogP contribution in [0.25, 0.3) is 0 Å². The number of anilines is 1. The lowest BCUT2D eigenvalue weighted by Gasteiger charge is -2.28. The van der Waals surface area contributed by atoms with Crippen LogP contribution in [0.3, 0.4) is 0 Å². The van der Waals surface area contributed by atoms with Crippen LogP contribution in [0, 0.1) is 5.41 Å². The molecule has 3 rings (SSSR count). The van der Waals surface area contributed by atoms with Gasteiger partial charge in [-0.2, -0.15) is 18.2 Å². The first-order chi connectivity index (χ1) is 18.7. The summed E-state index contributed by atoms with van der Waals surface area (Å²) in [6.07, 6.45) is -5.98. The Bertz CT molecular complexity index is 1230. The molecule has 0 aromatic heterocycles. The van der Waals surface area contributed by atoms with Crippen LogP contribution in [-0.4, -0.2) is 79.3 Å². The number of nitrogens with one attached hydrogen (secondary N) is 4.